The summed E-state index contributed by atoms with van der Waals surface area (Å²) >= 11 is 0. The lowest BCUT2D eigenvalue weighted by Crippen LogP contribution is -2.45. The van der Waals surface area contributed by atoms with E-state index >= 15 is 0 Å². The largest absolute Gasteiger partial charge is 0.469 e. The number of phosphoric ester groups is 1. The Balaban J connectivity index is 1.93. The van der Waals surface area contributed by atoms with Crippen LogP contribution in [-0.2, 0) is 19.6 Å². The molecule has 4 rings (SSSR count). The molecule has 2 heterocycles. The number of H-pyrrole nitrogens is 1. The van der Waals surface area contributed by atoms with Gasteiger partial charge in [-0.25, -0.2) is 9.36 Å². The Kier molecular flexibility index (Phi) is 5.47. The molecular formula is C20H21N2O8P. The number of nitrogens with zero attached hydrogens (tertiary/aromatic N) is 1. The Morgan fingerprint density at radius 1 is 1.23 bits per heavy atom. The van der Waals surface area contributed by atoms with E-state index in [1.54, 1.807) is 12.1 Å². The van der Waals surface area contributed by atoms with Gasteiger partial charge in [-0.3, -0.25) is 18.9 Å². The van der Waals surface area contributed by atoms with Crippen molar-refractivity contribution in [2.24, 2.45) is 0 Å². The SMILES string of the molecule is Cc1cn([C@@]2(c3cccc4ccccc34)C[C@H](O)[C@@H](COP(=O)(O)O)O2)c(=O)[nH]c1=O. The molecule has 4 N–H and O–H groups in total. The standard InChI is InChI=1S/C20H21N2O8P/c1-12-10-22(19(25)21-18(12)24)20(9-16(23)17(30-20)11-29-31(26,27)28)15-8-4-6-13-5-2-3-7-14(13)15/h2-8,10,16-17,23H,9,11H2,1H3,(H,21,24,25)(H2,26,27,28)/t16-,17+,20-/m0/s1. The van der Waals surface area contributed by atoms with Gasteiger partial charge < -0.3 is 19.6 Å². The molecule has 0 radical (unpaired) electrons. The number of aliphatic hydroxyl groups is 1. The van der Waals surface area contributed by atoms with E-state index in [9.17, 15) is 19.3 Å². The van der Waals surface area contributed by atoms with Crippen LogP contribution in [0.1, 0.15) is 17.5 Å². The third kappa shape index (κ3) is 4.01. The first kappa shape index (κ1) is 21.6. The zero-order chi connectivity index (χ0) is 22.4. The molecule has 0 saturated carbocycles. The smallest absolute Gasteiger partial charge is 0.390 e. The summed E-state index contributed by atoms with van der Waals surface area (Å²) in [5.41, 5.74) is -2.03. The molecule has 1 fully saturated rings. The molecule has 0 unspecified atom stereocenters. The third-order valence-electron chi connectivity index (χ3n) is 5.39. The number of ether oxygens (including phenoxy) is 1. The maximum atomic E-state index is 12.8. The first-order valence-electron chi connectivity index (χ1n) is 9.48. The molecule has 11 heteroatoms. The van der Waals surface area contributed by atoms with Crippen molar-refractivity contribution in [3.63, 3.8) is 0 Å². The first-order valence-corrected chi connectivity index (χ1v) is 11.0. The molecule has 3 atom stereocenters. The predicted octanol–water partition coefficient (Wildman–Crippen LogP) is 0.958. The highest BCUT2D eigenvalue weighted by Gasteiger charge is 2.50. The maximum absolute atomic E-state index is 12.8. The highest BCUT2D eigenvalue weighted by Crippen LogP contribution is 2.44. The number of fused-ring (bicyclic) bond motifs is 1. The van der Waals surface area contributed by atoms with Crippen LogP contribution in [0.2, 0.25) is 0 Å². The average molecular weight is 448 g/mol. The number of nitrogens with one attached hydrogen (secondary N) is 1. The van der Waals surface area contributed by atoms with Crippen LogP contribution in [0, 0.1) is 6.92 Å². The Labute approximate surface area is 175 Å². The maximum Gasteiger partial charge on any atom is 0.469 e. The molecule has 0 spiro atoms. The summed E-state index contributed by atoms with van der Waals surface area (Å²) in [6, 6.07) is 12.8. The van der Waals surface area contributed by atoms with Gasteiger partial charge in [-0.2, -0.15) is 0 Å². The summed E-state index contributed by atoms with van der Waals surface area (Å²) in [6.07, 6.45) is -1.10. The molecule has 0 bridgehead atoms. The fraction of sp³-hybridized carbons (Fsp3) is 0.300. The molecule has 0 amide bonds. The molecule has 164 valence electrons. The van der Waals surface area contributed by atoms with Gasteiger partial charge in [0.15, 0.2) is 5.72 Å². The minimum Gasteiger partial charge on any atom is -0.390 e. The molecule has 2 aromatic carbocycles. The number of aromatic amines is 1. The van der Waals surface area contributed by atoms with Crippen LogP contribution in [0.3, 0.4) is 0 Å². The van der Waals surface area contributed by atoms with Crippen LogP contribution >= 0.6 is 7.82 Å². The molecule has 31 heavy (non-hydrogen) atoms. The molecular weight excluding hydrogens is 427 g/mol. The summed E-state index contributed by atoms with van der Waals surface area (Å²) < 4.78 is 23.0. The number of aryl methyl sites for hydroxylation is 1. The summed E-state index contributed by atoms with van der Waals surface area (Å²) in [5.74, 6) is 0. The van der Waals surface area contributed by atoms with Gasteiger partial charge in [0, 0.05) is 23.7 Å². The number of benzene rings is 2. The monoisotopic (exact) mass is 448 g/mol. The van der Waals surface area contributed by atoms with Gasteiger partial charge in [0.1, 0.15) is 6.10 Å². The van der Waals surface area contributed by atoms with Crippen LogP contribution in [0.15, 0.2) is 58.3 Å². The fourth-order valence-corrected chi connectivity index (χ4v) is 4.31. The molecule has 0 aliphatic carbocycles. The van der Waals surface area contributed by atoms with Crippen molar-refractivity contribution in [3.05, 3.63) is 80.6 Å². The van der Waals surface area contributed by atoms with Gasteiger partial charge in [0.25, 0.3) is 5.56 Å². The Morgan fingerprint density at radius 3 is 2.68 bits per heavy atom. The number of hydrogen-bond acceptors (Lipinski definition) is 6. The highest BCUT2D eigenvalue weighted by atomic mass is 31.2. The van der Waals surface area contributed by atoms with Gasteiger partial charge in [0.2, 0.25) is 0 Å². The quantitative estimate of drug-likeness (QED) is 0.422. The van der Waals surface area contributed by atoms with Crippen molar-refractivity contribution in [1.29, 1.82) is 0 Å². The van der Waals surface area contributed by atoms with E-state index in [1.165, 1.54) is 17.7 Å². The molecule has 1 saturated heterocycles. The summed E-state index contributed by atoms with van der Waals surface area (Å²) in [6.45, 7) is 0.945. The van der Waals surface area contributed by atoms with Crippen molar-refractivity contribution in [2.45, 2.75) is 31.3 Å². The van der Waals surface area contributed by atoms with E-state index in [0.717, 1.165) is 10.8 Å². The second kappa shape index (κ2) is 7.83. The lowest BCUT2D eigenvalue weighted by atomic mass is 9.92. The number of aromatic nitrogens is 2. The van der Waals surface area contributed by atoms with Crippen LogP contribution in [0.5, 0.6) is 0 Å². The molecule has 1 aromatic heterocycles. The summed E-state index contributed by atoms with van der Waals surface area (Å²) in [4.78, 5) is 45.1. The van der Waals surface area contributed by atoms with Gasteiger partial charge in [-0.15, -0.1) is 0 Å². The Hall–Kier alpha value is -2.59. The van der Waals surface area contributed by atoms with Crippen LogP contribution in [0.4, 0.5) is 0 Å². The zero-order valence-electron chi connectivity index (χ0n) is 16.5. The number of hydrogen-bond donors (Lipinski definition) is 4. The fourth-order valence-electron chi connectivity index (χ4n) is 3.97. The molecule has 10 nitrogen and oxygen atoms in total. The van der Waals surface area contributed by atoms with Gasteiger partial charge in [-0.05, 0) is 17.7 Å². The molecule has 1 aliphatic rings. The van der Waals surface area contributed by atoms with Crippen LogP contribution in [-0.4, -0.2) is 43.3 Å². The van der Waals surface area contributed by atoms with E-state index in [4.69, 9.17) is 14.5 Å². The second-order valence-electron chi connectivity index (χ2n) is 7.47. The van der Waals surface area contributed by atoms with Crippen molar-refractivity contribution >= 4 is 18.6 Å². The Morgan fingerprint density at radius 2 is 1.94 bits per heavy atom. The van der Waals surface area contributed by atoms with Gasteiger partial charge in [0.05, 0.1) is 12.7 Å². The third-order valence-corrected chi connectivity index (χ3v) is 5.87. The number of phosphoric acid groups is 1. The minimum absolute atomic E-state index is 0.110. The summed E-state index contributed by atoms with van der Waals surface area (Å²) in [7, 11) is -4.80. The van der Waals surface area contributed by atoms with Crippen LogP contribution < -0.4 is 11.2 Å². The lowest BCUT2D eigenvalue weighted by molar-refractivity contribution is -0.0920. The summed E-state index contributed by atoms with van der Waals surface area (Å²) in [5, 5.41) is 12.3. The zero-order valence-corrected chi connectivity index (χ0v) is 17.4. The van der Waals surface area contributed by atoms with E-state index in [-0.39, 0.29) is 12.0 Å². The highest BCUT2D eigenvalue weighted by molar-refractivity contribution is 7.46. The minimum atomic E-state index is -4.80. The Bertz CT molecular complexity index is 1290. The number of aliphatic hydroxyl groups excluding tert-OH is 1. The molecule has 3 aromatic rings. The van der Waals surface area contributed by atoms with Crippen molar-refractivity contribution in [3.8, 4) is 0 Å². The van der Waals surface area contributed by atoms with Gasteiger partial charge in [-0.1, -0.05) is 42.5 Å². The van der Waals surface area contributed by atoms with Crippen molar-refractivity contribution in [1.82, 2.24) is 9.55 Å². The van der Waals surface area contributed by atoms with E-state index in [0.29, 0.717) is 5.56 Å². The predicted molar refractivity (Wildman–Crippen MR) is 111 cm³/mol. The van der Waals surface area contributed by atoms with E-state index < -0.39 is 43.6 Å². The van der Waals surface area contributed by atoms with Crippen molar-refractivity contribution in [2.75, 3.05) is 6.61 Å². The van der Waals surface area contributed by atoms with Crippen LogP contribution in [0.25, 0.3) is 10.8 Å². The lowest BCUT2D eigenvalue weighted by Gasteiger charge is -2.33. The number of rotatable bonds is 5. The second-order valence-corrected chi connectivity index (χ2v) is 8.71. The van der Waals surface area contributed by atoms with E-state index in [2.05, 4.69) is 9.51 Å². The topological polar surface area (TPSA) is 151 Å². The van der Waals surface area contributed by atoms with Crippen molar-refractivity contribution < 1.29 is 28.7 Å². The normalized spacial score (nSPS) is 24.0. The average Bonchev–Trinajstić information content (AvgIpc) is 3.05. The first-order chi connectivity index (χ1) is 14.6. The van der Waals surface area contributed by atoms with E-state index in [1.807, 2.05) is 30.3 Å². The molecule has 1 aliphatic heterocycles. The van der Waals surface area contributed by atoms with Gasteiger partial charge >= 0.3 is 13.5 Å².